The zero-order chi connectivity index (χ0) is 12.4. The summed E-state index contributed by atoms with van der Waals surface area (Å²) in [6.45, 7) is 1.67. The third kappa shape index (κ3) is 2.25. The van der Waals surface area contributed by atoms with E-state index in [1.807, 2.05) is 4.90 Å². The van der Waals surface area contributed by atoms with Gasteiger partial charge in [0.25, 0.3) is 5.69 Å². The van der Waals surface area contributed by atoms with Gasteiger partial charge in [-0.3, -0.25) is 10.1 Å². The van der Waals surface area contributed by atoms with Gasteiger partial charge in [-0.15, -0.1) is 0 Å². The molecule has 17 heavy (non-hydrogen) atoms. The maximum Gasteiger partial charge on any atom is 0.294 e. The minimum absolute atomic E-state index is 0.0404. The molecule has 0 spiro atoms. The number of nitro benzene ring substituents is 1. The summed E-state index contributed by atoms with van der Waals surface area (Å²) in [5.41, 5.74) is 12.6. The third-order valence-corrected chi connectivity index (χ3v) is 3.07. The first kappa shape index (κ1) is 11.5. The second-order valence-corrected chi connectivity index (χ2v) is 4.27. The van der Waals surface area contributed by atoms with E-state index >= 15 is 0 Å². The van der Waals surface area contributed by atoms with Gasteiger partial charge in [-0.1, -0.05) is 0 Å². The Bertz CT molecular complexity index is 441. The molecule has 0 amide bonds. The molecule has 0 radical (unpaired) electrons. The molecule has 1 aliphatic rings. The van der Waals surface area contributed by atoms with E-state index in [4.69, 9.17) is 11.5 Å². The third-order valence-electron chi connectivity index (χ3n) is 3.07. The predicted octanol–water partition coefficient (Wildman–Crippen LogP) is 1.75. The van der Waals surface area contributed by atoms with E-state index in [2.05, 4.69) is 0 Å². The van der Waals surface area contributed by atoms with E-state index in [1.54, 1.807) is 6.07 Å². The number of hydrogen-bond donors (Lipinski definition) is 2. The standard InChI is InChI=1S/C11H16N4O2/c12-8-6-10(14-4-2-1-3-5-14)11(15(16)17)7-9(8)13/h6-7H,1-5,12-13H2. The van der Waals surface area contributed by atoms with E-state index in [0.717, 1.165) is 25.9 Å². The van der Waals surface area contributed by atoms with Crippen molar-refractivity contribution < 1.29 is 4.92 Å². The topological polar surface area (TPSA) is 98.4 Å². The normalized spacial score (nSPS) is 15.9. The molecular weight excluding hydrogens is 220 g/mol. The summed E-state index contributed by atoms with van der Waals surface area (Å²) < 4.78 is 0. The molecule has 0 aromatic heterocycles. The van der Waals surface area contributed by atoms with Crippen LogP contribution < -0.4 is 16.4 Å². The van der Waals surface area contributed by atoms with Crippen molar-refractivity contribution >= 4 is 22.7 Å². The van der Waals surface area contributed by atoms with Crippen LogP contribution in [0.15, 0.2) is 12.1 Å². The van der Waals surface area contributed by atoms with Crippen LogP contribution >= 0.6 is 0 Å². The fourth-order valence-electron chi connectivity index (χ4n) is 2.14. The Kier molecular flexibility index (Phi) is 3.03. The van der Waals surface area contributed by atoms with Crippen LogP contribution in [0.4, 0.5) is 22.7 Å². The lowest BCUT2D eigenvalue weighted by Gasteiger charge is -2.28. The van der Waals surface area contributed by atoms with Gasteiger partial charge in [-0.25, -0.2) is 0 Å². The van der Waals surface area contributed by atoms with Crippen LogP contribution in [-0.4, -0.2) is 18.0 Å². The first-order chi connectivity index (χ1) is 8.09. The van der Waals surface area contributed by atoms with Crippen molar-refractivity contribution in [3.05, 3.63) is 22.2 Å². The van der Waals surface area contributed by atoms with E-state index < -0.39 is 4.92 Å². The van der Waals surface area contributed by atoms with Gasteiger partial charge in [0.05, 0.1) is 16.3 Å². The van der Waals surface area contributed by atoms with Crippen LogP contribution in [0.25, 0.3) is 0 Å². The number of nitrogen functional groups attached to an aromatic ring is 2. The molecule has 0 unspecified atom stereocenters. The second kappa shape index (κ2) is 4.48. The molecule has 0 aliphatic carbocycles. The Morgan fingerprint density at radius 1 is 1.12 bits per heavy atom. The molecular formula is C11H16N4O2. The van der Waals surface area contributed by atoms with Gasteiger partial charge in [0.1, 0.15) is 5.69 Å². The predicted molar refractivity (Wildman–Crippen MR) is 68.0 cm³/mol. The molecule has 6 nitrogen and oxygen atoms in total. The van der Waals surface area contributed by atoms with Gasteiger partial charge in [0, 0.05) is 19.2 Å². The Labute approximate surface area is 99.3 Å². The van der Waals surface area contributed by atoms with Crippen LogP contribution in [0.1, 0.15) is 19.3 Å². The van der Waals surface area contributed by atoms with Crippen LogP contribution in [0.5, 0.6) is 0 Å². The molecule has 92 valence electrons. The minimum Gasteiger partial charge on any atom is -0.397 e. The monoisotopic (exact) mass is 236 g/mol. The van der Waals surface area contributed by atoms with Crippen LogP contribution in [0, 0.1) is 10.1 Å². The lowest BCUT2D eigenvalue weighted by atomic mass is 10.1. The van der Waals surface area contributed by atoms with Crippen molar-refractivity contribution in [3.8, 4) is 0 Å². The summed E-state index contributed by atoms with van der Waals surface area (Å²) in [6.07, 6.45) is 3.29. The summed E-state index contributed by atoms with van der Waals surface area (Å²) in [5.74, 6) is 0. The Morgan fingerprint density at radius 2 is 1.71 bits per heavy atom. The average Bonchev–Trinajstić information content (AvgIpc) is 2.33. The molecule has 0 saturated carbocycles. The highest BCUT2D eigenvalue weighted by atomic mass is 16.6. The highest BCUT2D eigenvalue weighted by molar-refractivity contribution is 5.78. The van der Waals surface area contributed by atoms with E-state index in [1.165, 1.54) is 12.5 Å². The van der Waals surface area contributed by atoms with Crippen LogP contribution in [0.2, 0.25) is 0 Å². The minimum atomic E-state index is -0.403. The molecule has 0 atom stereocenters. The Morgan fingerprint density at radius 3 is 2.29 bits per heavy atom. The molecule has 1 aromatic rings. The molecule has 1 aromatic carbocycles. The van der Waals surface area contributed by atoms with E-state index in [-0.39, 0.29) is 11.4 Å². The highest BCUT2D eigenvalue weighted by Crippen LogP contribution is 2.35. The Hall–Kier alpha value is -1.98. The van der Waals surface area contributed by atoms with Crippen molar-refractivity contribution in [3.63, 3.8) is 0 Å². The van der Waals surface area contributed by atoms with Gasteiger partial charge < -0.3 is 16.4 Å². The van der Waals surface area contributed by atoms with Gasteiger partial charge in [-0.2, -0.15) is 0 Å². The number of nitrogens with zero attached hydrogens (tertiary/aromatic N) is 2. The highest BCUT2D eigenvalue weighted by Gasteiger charge is 2.22. The first-order valence-electron chi connectivity index (χ1n) is 5.68. The summed E-state index contributed by atoms with van der Waals surface area (Å²) >= 11 is 0. The molecule has 1 saturated heterocycles. The van der Waals surface area contributed by atoms with Crippen molar-refractivity contribution in [2.24, 2.45) is 0 Å². The molecule has 4 N–H and O–H groups in total. The first-order valence-corrected chi connectivity index (χ1v) is 5.68. The summed E-state index contributed by atoms with van der Waals surface area (Å²) in [5, 5.41) is 11.0. The van der Waals surface area contributed by atoms with Gasteiger partial charge in [-0.05, 0) is 25.3 Å². The number of anilines is 3. The number of benzene rings is 1. The second-order valence-electron chi connectivity index (χ2n) is 4.27. The number of nitro groups is 1. The smallest absolute Gasteiger partial charge is 0.294 e. The lowest BCUT2D eigenvalue weighted by molar-refractivity contribution is -0.384. The van der Waals surface area contributed by atoms with Gasteiger partial charge in [0.2, 0.25) is 0 Å². The quantitative estimate of drug-likeness (QED) is 0.463. The average molecular weight is 236 g/mol. The number of rotatable bonds is 2. The molecule has 1 fully saturated rings. The van der Waals surface area contributed by atoms with Crippen molar-refractivity contribution in [1.82, 2.24) is 0 Å². The fourth-order valence-corrected chi connectivity index (χ4v) is 2.14. The number of hydrogen-bond acceptors (Lipinski definition) is 5. The van der Waals surface area contributed by atoms with Crippen molar-refractivity contribution in [2.75, 3.05) is 29.5 Å². The molecule has 6 heteroatoms. The molecule has 1 heterocycles. The largest absolute Gasteiger partial charge is 0.397 e. The fraction of sp³-hybridized carbons (Fsp3) is 0.455. The van der Waals surface area contributed by atoms with Gasteiger partial charge >= 0.3 is 0 Å². The maximum absolute atomic E-state index is 11.0. The summed E-state index contributed by atoms with van der Waals surface area (Å²) in [4.78, 5) is 12.6. The zero-order valence-electron chi connectivity index (χ0n) is 9.56. The SMILES string of the molecule is Nc1cc(N2CCCCC2)c([N+](=O)[O-])cc1N. The van der Waals surface area contributed by atoms with Crippen molar-refractivity contribution in [2.45, 2.75) is 19.3 Å². The number of piperidine rings is 1. The van der Waals surface area contributed by atoms with Gasteiger partial charge in [0.15, 0.2) is 0 Å². The zero-order valence-corrected chi connectivity index (χ0v) is 9.56. The lowest BCUT2D eigenvalue weighted by Crippen LogP contribution is -2.30. The maximum atomic E-state index is 11.0. The summed E-state index contributed by atoms with van der Waals surface area (Å²) in [6, 6.07) is 2.96. The van der Waals surface area contributed by atoms with Crippen molar-refractivity contribution in [1.29, 1.82) is 0 Å². The molecule has 2 rings (SSSR count). The van der Waals surface area contributed by atoms with Crippen LogP contribution in [-0.2, 0) is 0 Å². The molecule has 0 bridgehead atoms. The van der Waals surface area contributed by atoms with E-state index in [0.29, 0.717) is 11.4 Å². The number of nitrogens with two attached hydrogens (primary N) is 2. The van der Waals surface area contributed by atoms with Crippen LogP contribution in [0.3, 0.4) is 0 Å². The van der Waals surface area contributed by atoms with E-state index in [9.17, 15) is 10.1 Å². The Balaban J connectivity index is 2.42. The molecule has 1 aliphatic heterocycles. The summed E-state index contributed by atoms with van der Waals surface area (Å²) in [7, 11) is 0.